The number of hydrogen-bond acceptors (Lipinski definition) is 3. The first-order valence-electron chi connectivity index (χ1n) is 5.96. The molecule has 0 fully saturated rings. The molecule has 1 atom stereocenters. The van der Waals surface area contributed by atoms with Crippen LogP contribution in [0.25, 0.3) is 0 Å². The van der Waals surface area contributed by atoms with Crippen LogP contribution in [0.5, 0.6) is 0 Å². The third kappa shape index (κ3) is 2.25. The van der Waals surface area contributed by atoms with Gasteiger partial charge in [0.05, 0.1) is 11.7 Å². The van der Waals surface area contributed by atoms with E-state index < -0.39 is 12.1 Å². The number of carboxylic acids is 1. The standard InChI is InChI=1S/C15H12O3S/c16-12-7-9-5-6-10(15(17)18)8-14(9)19-13-4-2-1-3-11(12)13/h1-6,8,12,16H,7H2,(H,17,18). The normalized spacial score (nSPS) is 17.2. The van der Waals surface area contributed by atoms with Gasteiger partial charge in [0.15, 0.2) is 0 Å². The van der Waals surface area contributed by atoms with Gasteiger partial charge >= 0.3 is 5.97 Å². The van der Waals surface area contributed by atoms with Crippen molar-refractivity contribution in [3.8, 4) is 0 Å². The molecule has 19 heavy (non-hydrogen) atoms. The minimum Gasteiger partial charge on any atom is -0.478 e. The summed E-state index contributed by atoms with van der Waals surface area (Å²) in [5.41, 5.74) is 2.17. The summed E-state index contributed by atoms with van der Waals surface area (Å²) >= 11 is 1.52. The Bertz CT molecular complexity index is 652. The molecule has 0 saturated heterocycles. The first kappa shape index (κ1) is 12.3. The van der Waals surface area contributed by atoms with Crippen molar-refractivity contribution in [2.45, 2.75) is 22.3 Å². The van der Waals surface area contributed by atoms with Crippen molar-refractivity contribution >= 4 is 17.7 Å². The SMILES string of the molecule is O=C(O)c1ccc2c(c1)Sc1ccccc1C(O)C2. The maximum Gasteiger partial charge on any atom is 0.335 e. The van der Waals surface area contributed by atoms with Crippen LogP contribution in [0, 0.1) is 0 Å². The third-order valence-electron chi connectivity index (χ3n) is 3.23. The monoisotopic (exact) mass is 272 g/mol. The van der Waals surface area contributed by atoms with Crippen molar-refractivity contribution < 1.29 is 15.0 Å². The lowest BCUT2D eigenvalue weighted by Crippen LogP contribution is -2.02. The zero-order valence-corrected chi connectivity index (χ0v) is 10.9. The topological polar surface area (TPSA) is 57.5 Å². The number of aliphatic hydroxyl groups is 1. The minimum absolute atomic E-state index is 0.278. The Kier molecular flexibility index (Phi) is 3.05. The van der Waals surface area contributed by atoms with Crippen LogP contribution in [0.15, 0.2) is 52.3 Å². The molecule has 0 amide bonds. The van der Waals surface area contributed by atoms with Crippen molar-refractivity contribution in [2.24, 2.45) is 0 Å². The van der Waals surface area contributed by atoms with E-state index >= 15 is 0 Å². The van der Waals surface area contributed by atoms with Crippen molar-refractivity contribution in [1.82, 2.24) is 0 Å². The molecular weight excluding hydrogens is 260 g/mol. The van der Waals surface area contributed by atoms with E-state index in [-0.39, 0.29) is 5.56 Å². The number of carbonyl (C=O) groups is 1. The van der Waals surface area contributed by atoms with Gasteiger partial charge in [0.25, 0.3) is 0 Å². The van der Waals surface area contributed by atoms with E-state index in [0.29, 0.717) is 6.42 Å². The van der Waals surface area contributed by atoms with Crippen molar-refractivity contribution in [1.29, 1.82) is 0 Å². The number of fused-ring (bicyclic) bond motifs is 2. The van der Waals surface area contributed by atoms with Crippen LogP contribution in [0.3, 0.4) is 0 Å². The van der Waals surface area contributed by atoms with Crippen LogP contribution >= 0.6 is 11.8 Å². The van der Waals surface area contributed by atoms with Gasteiger partial charge in [-0.25, -0.2) is 4.79 Å². The summed E-state index contributed by atoms with van der Waals surface area (Å²) in [6.45, 7) is 0. The second kappa shape index (κ2) is 4.72. The van der Waals surface area contributed by atoms with Crippen molar-refractivity contribution in [2.75, 3.05) is 0 Å². The number of hydrogen-bond donors (Lipinski definition) is 2. The number of aromatic carboxylic acids is 1. The summed E-state index contributed by atoms with van der Waals surface area (Å²) in [7, 11) is 0. The van der Waals surface area contributed by atoms with Gasteiger partial charge in [0.1, 0.15) is 0 Å². The average molecular weight is 272 g/mol. The highest BCUT2D eigenvalue weighted by molar-refractivity contribution is 7.99. The Morgan fingerprint density at radius 2 is 1.95 bits per heavy atom. The molecule has 0 radical (unpaired) electrons. The molecule has 1 unspecified atom stereocenters. The number of aliphatic hydroxyl groups excluding tert-OH is 1. The molecule has 1 aliphatic heterocycles. The quantitative estimate of drug-likeness (QED) is 0.837. The second-order valence-electron chi connectivity index (χ2n) is 4.49. The van der Waals surface area contributed by atoms with Crippen LogP contribution in [0.2, 0.25) is 0 Å². The van der Waals surface area contributed by atoms with E-state index in [9.17, 15) is 9.90 Å². The zero-order chi connectivity index (χ0) is 13.4. The molecule has 2 aromatic carbocycles. The molecule has 96 valence electrons. The zero-order valence-electron chi connectivity index (χ0n) is 10.0. The maximum absolute atomic E-state index is 11.0. The molecule has 0 aliphatic carbocycles. The average Bonchev–Trinajstić information content (AvgIpc) is 2.54. The maximum atomic E-state index is 11.0. The van der Waals surface area contributed by atoms with Crippen LogP contribution in [-0.2, 0) is 6.42 Å². The van der Waals surface area contributed by atoms with Gasteiger partial charge in [-0.3, -0.25) is 0 Å². The molecule has 2 N–H and O–H groups in total. The summed E-state index contributed by atoms with van der Waals surface area (Å²) in [5.74, 6) is -0.929. The van der Waals surface area contributed by atoms with Crippen molar-refractivity contribution in [3.63, 3.8) is 0 Å². The highest BCUT2D eigenvalue weighted by Gasteiger charge is 2.21. The molecule has 0 saturated carbocycles. The molecule has 4 heteroatoms. The molecule has 0 bridgehead atoms. The van der Waals surface area contributed by atoms with Gasteiger partial charge in [0.2, 0.25) is 0 Å². The van der Waals surface area contributed by atoms with E-state index in [4.69, 9.17) is 5.11 Å². The number of benzene rings is 2. The molecule has 1 aliphatic rings. The molecule has 1 heterocycles. The Labute approximate surface area is 114 Å². The molecule has 3 nitrogen and oxygen atoms in total. The molecule has 3 rings (SSSR count). The van der Waals surface area contributed by atoms with Gasteiger partial charge in [-0.05, 0) is 29.3 Å². The largest absolute Gasteiger partial charge is 0.478 e. The fourth-order valence-corrected chi connectivity index (χ4v) is 3.41. The molecular formula is C15H12O3S. The first-order valence-corrected chi connectivity index (χ1v) is 6.78. The van der Waals surface area contributed by atoms with Gasteiger partial charge in [-0.1, -0.05) is 36.0 Å². The Morgan fingerprint density at radius 3 is 2.74 bits per heavy atom. The van der Waals surface area contributed by atoms with Crippen LogP contribution < -0.4 is 0 Å². The predicted molar refractivity (Wildman–Crippen MR) is 72.6 cm³/mol. The lowest BCUT2D eigenvalue weighted by atomic mass is 10.0. The smallest absolute Gasteiger partial charge is 0.335 e. The van der Waals surface area contributed by atoms with Gasteiger partial charge in [-0.2, -0.15) is 0 Å². The molecule has 2 aromatic rings. The van der Waals surface area contributed by atoms with Gasteiger partial charge in [0, 0.05) is 16.2 Å². The fraction of sp³-hybridized carbons (Fsp3) is 0.133. The summed E-state index contributed by atoms with van der Waals surface area (Å²) < 4.78 is 0. The summed E-state index contributed by atoms with van der Waals surface area (Å²) in [6.07, 6.45) is -0.0279. The summed E-state index contributed by atoms with van der Waals surface area (Å²) in [5, 5.41) is 19.3. The van der Waals surface area contributed by atoms with E-state index in [1.165, 1.54) is 11.8 Å². The number of rotatable bonds is 1. The Balaban J connectivity index is 2.11. The summed E-state index contributed by atoms with van der Waals surface area (Å²) in [6, 6.07) is 12.7. The fourth-order valence-electron chi connectivity index (χ4n) is 2.24. The number of carboxylic acid groups (broad SMARTS) is 1. The first-order chi connectivity index (χ1) is 9.15. The van der Waals surface area contributed by atoms with Crippen LogP contribution in [-0.4, -0.2) is 16.2 Å². The lowest BCUT2D eigenvalue weighted by Gasteiger charge is -2.10. The molecule has 0 aromatic heterocycles. The highest BCUT2D eigenvalue weighted by atomic mass is 32.2. The van der Waals surface area contributed by atoms with E-state index in [1.54, 1.807) is 18.2 Å². The Hall–Kier alpha value is -1.78. The van der Waals surface area contributed by atoms with Crippen LogP contribution in [0.4, 0.5) is 0 Å². The van der Waals surface area contributed by atoms with Gasteiger partial charge < -0.3 is 10.2 Å². The van der Waals surface area contributed by atoms with E-state index in [1.807, 2.05) is 24.3 Å². The lowest BCUT2D eigenvalue weighted by molar-refractivity contribution is 0.0696. The van der Waals surface area contributed by atoms with Crippen LogP contribution in [0.1, 0.15) is 27.6 Å². The second-order valence-corrected chi connectivity index (χ2v) is 5.57. The van der Waals surface area contributed by atoms with Gasteiger partial charge in [-0.15, -0.1) is 0 Å². The minimum atomic E-state index is -0.929. The van der Waals surface area contributed by atoms with Crippen molar-refractivity contribution in [3.05, 3.63) is 59.2 Å². The third-order valence-corrected chi connectivity index (χ3v) is 4.42. The predicted octanol–water partition coefficient (Wildman–Crippen LogP) is 3.13. The summed E-state index contributed by atoms with van der Waals surface area (Å²) in [4.78, 5) is 12.9. The van der Waals surface area contributed by atoms with E-state index in [2.05, 4.69) is 0 Å². The Morgan fingerprint density at radius 1 is 1.16 bits per heavy atom. The van der Waals surface area contributed by atoms with E-state index in [0.717, 1.165) is 20.9 Å². The molecule has 0 spiro atoms. The highest BCUT2D eigenvalue weighted by Crippen LogP contribution is 2.40.